The third-order valence-electron chi connectivity index (χ3n) is 5.99. The molecule has 1 saturated heterocycles. The van der Waals surface area contributed by atoms with Crippen LogP contribution in [-0.4, -0.2) is 58.7 Å². The van der Waals surface area contributed by atoms with Gasteiger partial charge in [0, 0.05) is 33.9 Å². The van der Waals surface area contributed by atoms with Gasteiger partial charge in [-0.15, -0.1) is 0 Å². The monoisotopic (exact) mass is 384 g/mol. The zero-order valence-electron chi connectivity index (χ0n) is 16.9. The van der Waals surface area contributed by atoms with Gasteiger partial charge in [-0.1, -0.05) is 30.3 Å². The van der Waals surface area contributed by atoms with Crippen LogP contribution < -0.4 is 14.8 Å². The van der Waals surface area contributed by atoms with Gasteiger partial charge in [0.25, 0.3) is 0 Å². The maximum absolute atomic E-state index is 6.19. The molecule has 4 rings (SSSR count). The van der Waals surface area contributed by atoms with Gasteiger partial charge in [0.2, 0.25) is 0 Å². The van der Waals surface area contributed by atoms with Crippen LogP contribution in [0.3, 0.4) is 0 Å². The summed E-state index contributed by atoms with van der Waals surface area (Å²) in [4.78, 5) is 2.42. The van der Waals surface area contributed by atoms with Gasteiger partial charge in [0.15, 0.2) is 17.2 Å². The fourth-order valence-electron chi connectivity index (χ4n) is 4.74. The van der Waals surface area contributed by atoms with Crippen molar-refractivity contribution in [1.29, 1.82) is 0 Å². The number of methoxy groups -OCH3 is 4. The van der Waals surface area contributed by atoms with E-state index in [0.29, 0.717) is 12.3 Å². The van der Waals surface area contributed by atoms with Gasteiger partial charge in [-0.2, -0.15) is 0 Å². The zero-order valence-corrected chi connectivity index (χ0v) is 16.9. The SMILES string of the molecule is COc1cc2c(cc1OC)[C@H](c1ccccc1)N1CCNC[C@]1(OC)C2OC. The van der Waals surface area contributed by atoms with E-state index in [1.54, 1.807) is 28.4 Å². The number of fused-ring (bicyclic) bond motifs is 2. The van der Waals surface area contributed by atoms with Crippen LogP contribution in [-0.2, 0) is 9.47 Å². The summed E-state index contributed by atoms with van der Waals surface area (Å²) in [7, 11) is 6.83. The molecule has 2 aromatic rings. The molecule has 6 nitrogen and oxygen atoms in total. The van der Waals surface area contributed by atoms with E-state index >= 15 is 0 Å². The number of ether oxygens (including phenoxy) is 4. The van der Waals surface area contributed by atoms with Crippen molar-refractivity contribution in [3.63, 3.8) is 0 Å². The molecule has 150 valence electrons. The van der Waals surface area contributed by atoms with E-state index in [0.717, 1.165) is 30.0 Å². The number of rotatable bonds is 5. The second-order valence-corrected chi connectivity index (χ2v) is 7.18. The van der Waals surface area contributed by atoms with Crippen molar-refractivity contribution < 1.29 is 18.9 Å². The molecule has 0 radical (unpaired) electrons. The summed E-state index contributed by atoms with van der Waals surface area (Å²) in [5.74, 6) is 1.41. The molecule has 0 saturated carbocycles. The van der Waals surface area contributed by atoms with E-state index in [2.05, 4.69) is 40.5 Å². The van der Waals surface area contributed by atoms with E-state index in [1.165, 1.54) is 5.56 Å². The Hall–Kier alpha value is -2.12. The molecule has 28 heavy (non-hydrogen) atoms. The van der Waals surface area contributed by atoms with E-state index in [1.807, 2.05) is 12.1 Å². The number of hydrogen-bond acceptors (Lipinski definition) is 6. The standard InChI is InChI=1S/C22H28N2O4/c1-25-18-12-16-17(13-19(18)26-2)21(27-3)22(28-4)14-23-10-11-24(22)20(16)15-8-6-5-7-9-15/h5-9,12-13,20-21,23H,10-11,14H2,1-4H3/t20-,21?,22-/m0/s1. The zero-order chi connectivity index (χ0) is 19.7. The van der Waals surface area contributed by atoms with Crippen LogP contribution in [0, 0.1) is 0 Å². The highest BCUT2D eigenvalue weighted by Crippen LogP contribution is 2.52. The average Bonchev–Trinajstić information content (AvgIpc) is 2.76. The summed E-state index contributed by atoms with van der Waals surface area (Å²) in [5.41, 5.74) is 2.83. The second-order valence-electron chi connectivity index (χ2n) is 7.18. The number of nitrogens with zero attached hydrogens (tertiary/aromatic N) is 1. The Kier molecular flexibility index (Phi) is 5.29. The van der Waals surface area contributed by atoms with E-state index in [4.69, 9.17) is 18.9 Å². The third-order valence-corrected chi connectivity index (χ3v) is 5.99. The highest BCUT2D eigenvalue weighted by Gasteiger charge is 2.55. The summed E-state index contributed by atoms with van der Waals surface area (Å²) in [6.07, 6.45) is -0.264. The van der Waals surface area contributed by atoms with Crippen LogP contribution >= 0.6 is 0 Å². The number of nitrogens with one attached hydrogen (secondary N) is 1. The van der Waals surface area contributed by atoms with Crippen molar-refractivity contribution in [1.82, 2.24) is 10.2 Å². The third kappa shape index (κ3) is 2.79. The van der Waals surface area contributed by atoms with Crippen LogP contribution in [0.2, 0.25) is 0 Å². The minimum Gasteiger partial charge on any atom is -0.493 e. The largest absolute Gasteiger partial charge is 0.493 e. The molecular formula is C22H28N2O4. The van der Waals surface area contributed by atoms with Gasteiger partial charge >= 0.3 is 0 Å². The number of benzene rings is 2. The Morgan fingerprint density at radius 3 is 2.25 bits per heavy atom. The van der Waals surface area contributed by atoms with Crippen molar-refractivity contribution in [3.8, 4) is 11.5 Å². The first-order chi connectivity index (χ1) is 13.7. The van der Waals surface area contributed by atoms with E-state index in [-0.39, 0.29) is 12.1 Å². The minimum atomic E-state index is -0.611. The maximum atomic E-state index is 6.19. The van der Waals surface area contributed by atoms with Crippen LogP contribution in [0.4, 0.5) is 0 Å². The molecule has 1 N–H and O–H groups in total. The van der Waals surface area contributed by atoms with Crippen LogP contribution in [0.25, 0.3) is 0 Å². The van der Waals surface area contributed by atoms with Crippen LogP contribution in [0.1, 0.15) is 28.8 Å². The minimum absolute atomic E-state index is 0.0319. The fraction of sp³-hybridized carbons (Fsp3) is 0.455. The predicted octanol–water partition coefficient (Wildman–Crippen LogP) is 2.74. The van der Waals surface area contributed by atoms with E-state index in [9.17, 15) is 0 Å². The molecule has 2 aromatic carbocycles. The molecule has 0 bridgehead atoms. The van der Waals surface area contributed by atoms with Gasteiger partial charge in [-0.05, 0) is 28.8 Å². The Morgan fingerprint density at radius 1 is 0.964 bits per heavy atom. The first kappa shape index (κ1) is 19.2. The van der Waals surface area contributed by atoms with Crippen molar-refractivity contribution in [2.75, 3.05) is 48.1 Å². The molecule has 2 aliphatic heterocycles. The lowest BCUT2D eigenvalue weighted by atomic mass is 9.79. The molecule has 0 amide bonds. The quantitative estimate of drug-likeness (QED) is 0.856. The smallest absolute Gasteiger partial charge is 0.165 e. The molecule has 6 heteroatoms. The first-order valence-corrected chi connectivity index (χ1v) is 9.56. The van der Waals surface area contributed by atoms with Crippen molar-refractivity contribution in [3.05, 3.63) is 59.2 Å². The molecule has 2 aliphatic rings. The molecule has 0 spiro atoms. The maximum Gasteiger partial charge on any atom is 0.165 e. The van der Waals surface area contributed by atoms with Gasteiger partial charge in [-0.25, -0.2) is 0 Å². The normalized spacial score (nSPS) is 27.0. The Labute approximate surface area is 166 Å². The topological polar surface area (TPSA) is 52.2 Å². The Balaban J connectivity index is 2.00. The summed E-state index contributed by atoms with van der Waals surface area (Å²) in [6, 6.07) is 14.7. The van der Waals surface area contributed by atoms with Gasteiger partial charge in [0.1, 0.15) is 6.10 Å². The predicted molar refractivity (Wildman–Crippen MR) is 107 cm³/mol. The molecule has 0 aromatic heterocycles. The molecular weight excluding hydrogens is 356 g/mol. The molecule has 2 heterocycles. The summed E-state index contributed by atoms with van der Waals surface area (Å²) in [6.45, 7) is 2.42. The van der Waals surface area contributed by atoms with Gasteiger partial charge in [0.05, 0.1) is 20.3 Å². The second kappa shape index (κ2) is 7.72. The molecule has 1 unspecified atom stereocenters. The van der Waals surface area contributed by atoms with E-state index < -0.39 is 5.72 Å². The van der Waals surface area contributed by atoms with Crippen molar-refractivity contribution >= 4 is 0 Å². The summed E-state index contributed by atoms with van der Waals surface area (Å²) in [5, 5.41) is 3.49. The molecule has 3 atom stereocenters. The number of piperazine rings is 1. The lowest BCUT2D eigenvalue weighted by Crippen LogP contribution is -2.68. The fourth-order valence-corrected chi connectivity index (χ4v) is 4.74. The Bertz CT molecular complexity index is 829. The number of hydrogen-bond donors (Lipinski definition) is 1. The lowest BCUT2D eigenvalue weighted by molar-refractivity contribution is -0.234. The van der Waals surface area contributed by atoms with Gasteiger partial charge in [-0.3, -0.25) is 4.90 Å². The van der Waals surface area contributed by atoms with Gasteiger partial charge < -0.3 is 24.3 Å². The highest BCUT2D eigenvalue weighted by atomic mass is 16.6. The Morgan fingerprint density at radius 2 is 1.64 bits per heavy atom. The van der Waals surface area contributed by atoms with Crippen molar-refractivity contribution in [2.45, 2.75) is 17.9 Å². The van der Waals surface area contributed by atoms with Crippen molar-refractivity contribution in [2.24, 2.45) is 0 Å². The lowest BCUT2D eigenvalue weighted by Gasteiger charge is -2.56. The van der Waals surface area contributed by atoms with Crippen LogP contribution in [0.15, 0.2) is 42.5 Å². The first-order valence-electron chi connectivity index (χ1n) is 9.56. The highest BCUT2D eigenvalue weighted by molar-refractivity contribution is 5.53. The average molecular weight is 384 g/mol. The summed E-state index contributed by atoms with van der Waals surface area (Å²) < 4.78 is 23.4. The molecule has 0 aliphatic carbocycles. The molecule has 1 fully saturated rings. The van der Waals surface area contributed by atoms with Crippen LogP contribution in [0.5, 0.6) is 11.5 Å². The summed E-state index contributed by atoms with van der Waals surface area (Å²) >= 11 is 0.